The molecule has 1 fully saturated rings. The zero-order valence-corrected chi connectivity index (χ0v) is 16.0. The van der Waals surface area contributed by atoms with E-state index < -0.39 is 0 Å². The van der Waals surface area contributed by atoms with Crippen LogP contribution in [0.5, 0.6) is 5.75 Å². The first kappa shape index (κ1) is 18.1. The van der Waals surface area contributed by atoms with Crippen molar-refractivity contribution >= 4 is 11.3 Å². The van der Waals surface area contributed by atoms with Crippen LogP contribution in [0.2, 0.25) is 0 Å². The molecule has 27 heavy (non-hydrogen) atoms. The van der Waals surface area contributed by atoms with Crippen molar-refractivity contribution in [3.05, 3.63) is 71.4 Å². The summed E-state index contributed by atoms with van der Waals surface area (Å²) in [5.41, 5.74) is 5.76. The molecule has 4 rings (SSSR count). The van der Waals surface area contributed by atoms with Gasteiger partial charge in [-0.1, -0.05) is 30.3 Å². The second-order valence-electron chi connectivity index (χ2n) is 6.35. The van der Waals surface area contributed by atoms with Gasteiger partial charge in [-0.05, 0) is 35.4 Å². The molecule has 3 aromatic rings. The molecular weight excluding hydrogens is 358 g/mol. The molecule has 6 heteroatoms. The number of hydrogen-bond donors (Lipinski definition) is 1. The minimum absolute atomic E-state index is 0.581. The maximum absolute atomic E-state index is 5.86. The van der Waals surface area contributed by atoms with Crippen molar-refractivity contribution in [2.75, 3.05) is 26.3 Å². The number of ether oxygens (including phenoxy) is 2. The molecule has 140 valence electrons. The van der Waals surface area contributed by atoms with Crippen LogP contribution in [0.25, 0.3) is 10.4 Å². The fourth-order valence-corrected chi connectivity index (χ4v) is 3.74. The normalized spacial score (nSPS) is 15.0. The first-order chi connectivity index (χ1) is 13.4. The van der Waals surface area contributed by atoms with Gasteiger partial charge < -0.3 is 9.47 Å². The van der Waals surface area contributed by atoms with Gasteiger partial charge in [0, 0.05) is 19.3 Å². The zero-order valence-electron chi connectivity index (χ0n) is 15.1. The van der Waals surface area contributed by atoms with Crippen LogP contribution in [-0.2, 0) is 17.9 Å². The van der Waals surface area contributed by atoms with E-state index in [4.69, 9.17) is 9.47 Å². The van der Waals surface area contributed by atoms with Gasteiger partial charge in [0.15, 0.2) is 0 Å². The topological polar surface area (TPSA) is 46.6 Å². The highest BCUT2D eigenvalue weighted by molar-refractivity contribution is 7.15. The summed E-state index contributed by atoms with van der Waals surface area (Å²) in [7, 11) is 0. The van der Waals surface area contributed by atoms with Crippen LogP contribution >= 0.6 is 11.3 Å². The molecule has 1 N–H and O–H groups in total. The van der Waals surface area contributed by atoms with E-state index in [1.54, 1.807) is 11.3 Å². The molecular formula is C21H23N3O2S. The summed E-state index contributed by atoms with van der Waals surface area (Å²) in [4.78, 5) is 5.71. The van der Waals surface area contributed by atoms with Crippen LogP contribution < -0.4 is 10.2 Å². The summed E-state index contributed by atoms with van der Waals surface area (Å²) in [6, 6.07) is 18.4. The molecule has 2 aromatic carbocycles. The highest BCUT2D eigenvalue weighted by atomic mass is 32.1. The summed E-state index contributed by atoms with van der Waals surface area (Å²) in [6.07, 6.45) is 1.95. The monoisotopic (exact) mass is 381 g/mol. The predicted octanol–water partition coefficient (Wildman–Crippen LogP) is 3.73. The smallest absolute Gasteiger partial charge is 0.119 e. The van der Waals surface area contributed by atoms with Crippen molar-refractivity contribution in [2.24, 2.45) is 0 Å². The number of hydrazine groups is 1. The molecule has 0 bridgehead atoms. The first-order valence-corrected chi connectivity index (χ1v) is 9.96. The Kier molecular flexibility index (Phi) is 6.11. The van der Waals surface area contributed by atoms with Gasteiger partial charge in [0.05, 0.1) is 24.6 Å². The third-order valence-electron chi connectivity index (χ3n) is 4.41. The van der Waals surface area contributed by atoms with E-state index in [0.29, 0.717) is 6.61 Å². The highest BCUT2D eigenvalue weighted by Gasteiger charge is 2.11. The Morgan fingerprint density at radius 1 is 1.04 bits per heavy atom. The van der Waals surface area contributed by atoms with Gasteiger partial charge in [0.1, 0.15) is 17.4 Å². The molecule has 2 heterocycles. The molecule has 0 amide bonds. The summed E-state index contributed by atoms with van der Waals surface area (Å²) in [5, 5.41) is 3.28. The number of hydrogen-bond acceptors (Lipinski definition) is 6. The SMILES string of the molecule is c1ccc(COc2ccc(-c3cnc(CNN4CCOCC4)s3)cc2)cc1. The van der Waals surface area contributed by atoms with Gasteiger partial charge in [-0.15, -0.1) is 11.3 Å². The van der Waals surface area contributed by atoms with Crippen molar-refractivity contribution < 1.29 is 9.47 Å². The van der Waals surface area contributed by atoms with E-state index in [1.165, 1.54) is 10.4 Å². The lowest BCUT2D eigenvalue weighted by atomic mass is 10.2. The van der Waals surface area contributed by atoms with Crippen LogP contribution in [0.15, 0.2) is 60.8 Å². The quantitative estimate of drug-likeness (QED) is 0.676. The summed E-state index contributed by atoms with van der Waals surface area (Å²) in [6.45, 7) is 4.75. The molecule has 0 aliphatic carbocycles. The number of nitrogens with one attached hydrogen (secondary N) is 1. The van der Waals surface area contributed by atoms with Crippen molar-refractivity contribution in [1.82, 2.24) is 15.4 Å². The maximum atomic E-state index is 5.86. The Hall–Kier alpha value is -2.25. The molecule has 0 saturated carbocycles. The van der Waals surface area contributed by atoms with Crippen LogP contribution in [0.3, 0.4) is 0 Å². The van der Waals surface area contributed by atoms with Crippen molar-refractivity contribution in [3.8, 4) is 16.2 Å². The average molecular weight is 382 g/mol. The van der Waals surface area contributed by atoms with Crippen molar-refractivity contribution in [2.45, 2.75) is 13.2 Å². The van der Waals surface area contributed by atoms with Gasteiger partial charge in [-0.3, -0.25) is 0 Å². The molecule has 0 atom stereocenters. The fourth-order valence-electron chi connectivity index (χ4n) is 2.88. The first-order valence-electron chi connectivity index (χ1n) is 9.15. The molecule has 1 saturated heterocycles. The van der Waals surface area contributed by atoms with Crippen LogP contribution in [0, 0.1) is 0 Å². The molecule has 5 nitrogen and oxygen atoms in total. The van der Waals surface area contributed by atoms with E-state index in [9.17, 15) is 0 Å². The van der Waals surface area contributed by atoms with Gasteiger partial charge in [0.2, 0.25) is 0 Å². The van der Waals surface area contributed by atoms with E-state index in [2.05, 4.69) is 39.7 Å². The van der Waals surface area contributed by atoms with Gasteiger partial charge in [-0.2, -0.15) is 0 Å². The number of benzene rings is 2. The van der Waals surface area contributed by atoms with E-state index >= 15 is 0 Å². The zero-order chi connectivity index (χ0) is 18.3. The Labute approximate surface area is 163 Å². The number of thiazole rings is 1. The minimum Gasteiger partial charge on any atom is -0.489 e. The largest absolute Gasteiger partial charge is 0.489 e. The number of morpholine rings is 1. The molecule has 1 aliphatic heterocycles. The molecule has 0 unspecified atom stereocenters. The molecule has 1 aliphatic rings. The van der Waals surface area contributed by atoms with E-state index in [0.717, 1.165) is 49.2 Å². The lowest BCUT2D eigenvalue weighted by Crippen LogP contribution is -2.45. The average Bonchev–Trinajstić information content (AvgIpc) is 3.22. The van der Waals surface area contributed by atoms with Crippen LogP contribution in [-0.4, -0.2) is 36.3 Å². The predicted molar refractivity (Wildman–Crippen MR) is 108 cm³/mol. The minimum atomic E-state index is 0.581. The highest BCUT2D eigenvalue weighted by Crippen LogP contribution is 2.28. The lowest BCUT2D eigenvalue weighted by Gasteiger charge is -2.26. The van der Waals surface area contributed by atoms with Crippen molar-refractivity contribution in [3.63, 3.8) is 0 Å². The number of aromatic nitrogens is 1. The van der Waals surface area contributed by atoms with Crippen LogP contribution in [0.1, 0.15) is 10.6 Å². The van der Waals surface area contributed by atoms with Crippen LogP contribution in [0.4, 0.5) is 0 Å². The summed E-state index contributed by atoms with van der Waals surface area (Å²) < 4.78 is 11.2. The van der Waals surface area contributed by atoms with Crippen molar-refractivity contribution in [1.29, 1.82) is 0 Å². The second-order valence-corrected chi connectivity index (χ2v) is 7.47. The number of nitrogens with zero attached hydrogens (tertiary/aromatic N) is 2. The maximum Gasteiger partial charge on any atom is 0.119 e. The second kappa shape index (κ2) is 9.10. The molecule has 0 spiro atoms. The third-order valence-corrected chi connectivity index (χ3v) is 5.45. The molecule has 1 aromatic heterocycles. The Bertz CT molecular complexity index is 830. The van der Waals surface area contributed by atoms with Gasteiger partial charge in [0.25, 0.3) is 0 Å². The molecule has 0 radical (unpaired) electrons. The Morgan fingerprint density at radius 2 is 1.81 bits per heavy atom. The van der Waals surface area contributed by atoms with E-state index in [1.807, 2.05) is 36.5 Å². The van der Waals surface area contributed by atoms with E-state index in [-0.39, 0.29) is 0 Å². The summed E-state index contributed by atoms with van der Waals surface area (Å²) >= 11 is 1.72. The third kappa shape index (κ3) is 5.14. The fraction of sp³-hybridized carbons (Fsp3) is 0.286. The Balaban J connectivity index is 1.31. The van der Waals surface area contributed by atoms with Gasteiger partial charge in [-0.25, -0.2) is 15.4 Å². The van der Waals surface area contributed by atoms with Gasteiger partial charge >= 0.3 is 0 Å². The lowest BCUT2D eigenvalue weighted by molar-refractivity contribution is 0.0105. The standard InChI is InChI=1S/C21H23N3O2S/c1-2-4-17(5-3-1)16-26-19-8-6-18(7-9-19)20-14-22-21(27-20)15-23-24-10-12-25-13-11-24/h1-9,14,23H,10-13,15-16H2. The Morgan fingerprint density at radius 3 is 2.59 bits per heavy atom. The number of rotatable bonds is 7. The summed E-state index contributed by atoms with van der Waals surface area (Å²) in [5.74, 6) is 0.876.